The minimum Gasteiger partial charge on any atom is -0.394 e. The molecule has 1 aliphatic heterocycles. The van der Waals surface area contributed by atoms with E-state index in [0.29, 0.717) is 31.1 Å². The van der Waals surface area contributed by atoms with Gasteiger partial charge in [0.25, 0.3) is 5.91 Å². The van der Waals surface area contributed by atoms with Crippen molar-refractivity contribution >= 4 is 17.6 Å². The molecule has 33 heavy (non-hydrogen) atoms. The van der Waals surface area contributed by atoms with Crippen molar-refractivity contribution in [3.63, 3.8) is 0 Å². The molecule has 1 saturated heterocycles. The highest BCUT2D eigenvalue weighted by Gasteiger charge is 2.45. The van der Waals surface area contributed by atoms with Crippen LogP contribution in [0.4, 0.5) is 5.82 Å². The first-order valence-electron chi connectivity index (χ1n) is 10.5. The number of rotatable bonds is 13. The zero-order chi connectivity index (χ0) is 24.2. The normalized spacial score (nSPS) is 24.9. The molecular formula is C20H32N4O9. The molecule has 0 aliphatic carbocycles. The largest absolute Gasteiger partial charge is 0.394 e. The molecule has 0 saturated carbocycles. The number of nitrogen functional groups attached to an aromatic ring is 1. The molecule has 0 radical (unpaired) electrons. The number of anilines is 1. The zero-order valence-corrected chi connectivity index (χ0v) is 18.4. The fraction of sp³-hybridized carbons (Fsp3) is 0.650. The molecule has 2 rings (SSSR count). The highest BCUT2D eigenvalue weighted by molar-refractivity contribution is 5.93. The summed E-state index contributed by atoms with van der Waals surface area (Å²) in [5, 5.41) is 34.6. The summed E-state index contributed by atoms with van der Waals surface area (Å²) >= 11 is 0. The lowest BCUT2D eigenvalue weighted by atomic mass is 9.97. The maximum absolute atomic E-state index is 11.9. The van der Waals surface area contributed by atoms with Gasteiger partial charge in [0.15, 0.2) is 6.29 Å². The van der Waals surface area contributed by atoms with Crippen LogP contribution >= 0.6 is 0 Å². The van der Waals surface area contributed by atoms with Crippen LogP contribution in [-0.4, -0.2) is 109 Å². The fourth-order valence-corrected chi connectivity index (χ4v) is 3.04. The van der Waals surface area contributed by atoms with Crippen LogP contribution in [-0.2, 0) is 23.7 Å². The molecule has 13 heteroatoms. The highest BCUT2D eigenvalue weighted by atomic mass is 16.7. The maximum atomic E-state index is 11.9. The van der Waals surface area contributed by atoms with E-state index in [1.54, 1.807) is 12.1 Å². The van der Waals surface area contributed by atoms with E-state index in [-0.39, 0.29) is 25.7 Å². The number of hydrogen-bond acceptors (Lipinski definition) is 11. The van der Waals surface area contributed by atoms with E-state index in [2.05, 4.69) is 15.6 Å². The van der Waals surface area contributed by atoms with Crippen LogP contribution < -0.4 is 16.4 Å². The number of nitrogens with zero attached hydrogens (tertiary/aromatic N) is 1. The van der Waals surface area contributed by atoms with Crippen LogP contribution in [0, 0.1) is 0 Å². The van der Waals surface area contributed by atoms with E-state index >= 15 is 0 Å². The lowest BCUT2D eigenvalue weighted by Gasteiger charge is -2.42. The molecule has 2 unspecified atom stereocenters. The van der Waals surface area contributed by atoms with E-state index in [1.165, 1.54) is 13.1 Å². The standard InChI is InChI=1S/C20H32N4O9/c1-12(26)24-16-18(28)17(27)14(11-25)33-20(16)32-9-8-31-7-6-30-5-4-22-19(29)13-2-3-15(21)23-10-13/h2-3,10,14,16-18,20,25,27-28H,4-9,11H2,1H3,(H2,21,23)(H,22,29)(H,24,26)/t14?,16?,17-,18+,20+/m0/s1. The number of aromatic nitrogens is 1. The van der Waals surface area contributed by atoms with Crippen molar-refractivity contribution in [2.24, 2.45) is 0 Å². The topological polar surface area (TPSA) is 195 Å². The summed E-state index contributed by atoms with van der Waals surface area (Å²) in [4.78, 5) is 27.1. The number of nitrogens with one attached hydrogen (secondary N) is 2. The average Bonchev–Trinajstić information content (AvgIpc) is 2.79. The Hall–Kier alpha value is -2.39. The quantitative estimate of drug-likeness (QED) is 0.165. The van der Waals surface area contributed by atoms with Gasteiger partial charge >= 0.3 is 0 Å². The fourth-order valence-electron chi connectivity index (χ4n) is 3.04. The number of hydrogen-bond donors (Lipinski definition) is 6. The van der Waals surface area contributed by atoms with Gasteiger partial charge in [-0.05, 0) is 12.1 Å². The number of aliphatic hydroxyl groups is 3. The van der Waals surface area contributed by atoms with Gasteiger partial charge in [-0.1, -0.05) is 0 Å². The van der Waals surface area contributed by atoms with Crippen molar-refractivity contribution in [3.8, 4) is 0 Å². The van der Waals surface area contributed by atoms with E-state index < -0.39 is 43.2 Å². The van der Waals surface area contributed by atoms with Crippen molar-refractivity contribution in [2.75, 3.05) is 51.9 Å². The second-order valence-electron chi connectivity index (χ2n) is 7.26. The van der Waals surface area contributed by atoms with Gasteiger partial charge in [-0.25, -0.2) is 4.98 Å². The minimum atomic E-state index is -1.37. The summed E-state index contributed by atoms with van der Waals surface area (Å²) in [5.74, 6) is -0.367. The first-order chi connectivity index (χ1) is 15.8. The minimum absolute atomic E-state index is 0.0768. The molecule has 186 valence electrons. The Kier molecular flexibility index (Phi) is 11.4. The molecule has 0 bridgehead atoms. The molecule has 0 aromatic carbocycles. The number of nitrogens with two attached hydrogens (primary N) is 1. The van der Waals surface area contributed by atoms with Gasteiger partial charge in [-0.15, -0.1) is 0 Å². The number of amides is 2. The number of aliphatic hydroxyl groups excluding tert-OH is 3. The van der Waals surface area contributed by atoms with Crippen molar-refractivity contribution in [2.45, 2.75) is 37.6 Å². The Balaban J connectivity index is 1.56. The Morgan fingerprint density at radius 3 is 2.45 bits per heavy atom. The van der Waals surface area contributed by atoms with Crippen LogP contribution in [0.1, 0.15) is 17.3 Å². The van der Waals surface area contributed by atoms with Crippen molar-refractivity contribution in [1.29, 1.82) is 0 Å². The number of pyridine rings is 1. The van der Waals surface area contributed by atoms with E-state index in [4.69, 9.17) is 24.7 Å². The third-order valence-corrected chi connectivity index (χ3v) is 4.71. The predicted octanol–water partition coefficient (Wildman–Crippen LogP) is -2.61. The van der Waals surface area contributed by atoms with Crippen LogP contribution in [0.2, 0.25) is 0 Å². The molecule has 1 aromatic heterocycles. The first-order valence-corrected chi connectivity index (χ1v) is 10.5. The second-order valence-corrected chi connectivity index (χ2v) is 7.26. The maximum Gasteiger partial charge on any atom is 0.252 e. The van der Waals surface area contributed by atoms with Gasteiger partial charge in [0.05, 0.1) is 45.2 Å². The van der Waals surface area contributed by atoms with E-state index in [0.717, 1.165) is 0 Å². The summed E-state index contributed by atoms with van der Waals surface area (Å²) < 4.78 is 21.7. The Bertz CT molecular complexity index is 737. The first kappa shape index (κ1) is 26.9. The summed E-state index contributed by atoms with van der Waals surface area (Å²) in [7, 11) is 0. The molecule has 1 aliphatic rings. The molecule has 2 heterocycles. The molecule has 5 atom stereocenters. The molecule has 7 N–H and O–H groups in total. The second kappa shape index (κ2) is 14.0. The Morgan fingerprint density at radius 2 is 1.82 bits per heavy atom. The molecule has 13 nitrogen and oxygen atoms in total. The van der Waals surface area contributed by atoms with Gasteiger partial charge in [-0.3, -0.25) is 9.59 Å². The lowest BCUT2D eigenvalue weighted by molar-refractivity contribution is -0.272. The van der Waals surface area contributed by atoms with E-state index in [1.807, 2.05) is 0 Å². The van der Waals surface area contributed by atoms with Gasteiger partial charge < -0.3 is 50.6 Å². The summed E-state index contributed by atoms with van der Waals surface area (Å²) in [6.07, 6.45) is -3.44. The lowest BCUT2D eigenvalue weighted by Crippen LogP contribution is -2.64. The zero-order valence-electron chi connectivity index (χ0n) is 18.4. The summed E-state index contributed by atoms with van der Waals surface area (Å²) in [5.41, 5.74) is 5.88. The summed E-state index contributed by atoms with van der Waals surface area (Å²) in [6, 6.07) is 2.13. The third kappa shape index (κ3) is 8.81. The predicted molar refractivity (Wildman–Crippen MR) is 114 cm³/mol. The number of ether oxygens (including phenoxy) is 4. The summed E-state index contributed by atoms with van der Waals surface area (Å²) in [6.45, 7) is 2.19. The van der Waals surface area contributed by atoms with Crippen LogP contribution in [0.25, 0.3) is 0 Å². The molecular weight excluding hydrogens is 440 g/mol. The van der Waals surface area contributed by atoms with Gasteiger partial charge in [0.2, 0.25) is 5.91 Å². The van der Waals surface area contributed by atoms with Gasteiger partial charge in [-0.2, -0.15) is 0 Å². The van der Waals surface area contributed by atoms with Crippen molar-refractivity contribution in [3.05, 3.63) is 23.9 Å². The van der Waals surface area contributed by atoms with Crippen LogP contribution in [0.3, 0.4) is 0 Å². The highest BCUT2D eigenvalue weighted by Crippen LogP contribution is 2.22. The monoisotopic (exact) mass is 472 g/mol. The van der Waals surface area contributed by atoms with Crippen LogP contribution in [0.15, 0.2) is 18.3 Å². The van der Waals surface area contributed by atoms with E-state index in [9.17, 15) is 24.9 Å². The third-order valence-electron chi connectivity index (χ3n) is 4.71. The van der Waals surface area contributed by atoms with Gasteiger partial charge in [0.1, 0.15) is 30.2 Å². The molecule has 1 fully saturated rings. The Labute approximate surface area is 191 Å². The molecule has 2 amide bonds. The van der Waals surface area contributed by atoms with Crippen LogP contribution in [0.5, 0.6) is 0 Å². The SMILES string of the molecule is CC(=O)NC1[C@H](OCCOCCOCCNC(=O)c2ccc(N)nc2)OC(CO)[C@H](O)[C@@H]1O. The number of carbonyl (C=O) groups excluding carboxylic acids is 2. The molecule has 0 spiro atoms. The average molecular weight is 472 g/mol. The molecule has 1 aromatic rings. The number of carbonyl (C=O) groups is 2. The Morgan fingerprint density at radius 1 is 1.12 bits per heavy atom. The van der Waals surface area contributed by atoms with Gasteiger partial charge in [0, 0.05) is 19.7 Å². The van der Waals surface area contributed by atoms with Crippen molar-refractivity contribution in [1.82, 2.24) is 15.6 Å². The van der Waals surface area contributed by atoms with Crippen molar-refractivity contribution < 1.29 is 43.9 Å². The smallest absolute Gasteiger partial charge is 0.252 e.